The number of hydrogen-bond donors (Lipinski definition) is 1. The third-order valence-electron chi connectivity index (χ3n) is 2.19. The molecule has 20 heavy (non-hydrogen) atoms. The molecule has 1 N–H and O–H groups in total. The zero-order valence-corrected chi connectivity index (χ0v) is 10.3. The lowest BCUT2D eigenvalue weighted by molar-refractivity contribution is -0.275. The molecule has 0 bridgehead atoms. The van der Waals surface area contributed by atoms with Crippen LogP contribution in [0.15, 0.2) is 12.1 Å². The smallest absolute Gasteiger partial charge is 0.503 e. The molecular formula is C12H10F3NO4. The van der Waals surface area contributed by atoms with E-state index < -0.39 is 35.8 Å². The maximum Gasteiger partial charge on any atom is 0.573 e. The molecule has 0 unspecified atom stereocenters. The fourth-order valence-electron chi connectivity index (χ4n) is 1.44. The number of alkyl halides is 3. The van der Waals surface area contributed by atoms with Crippen molar-refractivity contribution in [3.63, 3.8) is 0 Å². The third-order valence-corrected chi connectivity index (χ3v) is 2.19. The van der Waals surface area contributed by atoms with E-state index in [1.54, 1.807) is 6.92 Å². The average Bonchev–Trinajstić information content (AvgIpc) is 2.33. The molecule has 0 spiro atoms. The standard InChI is InChI=1S/C12H10F3NO4/c1-2-19-9(17)5-7-3-4-8(6-16)10(18)11(7)20-12(13,14)15/h3-4,18H,2,5H2,1H3. The molecule has 1 aromatic carbocycles. The Morgan fingerprint density at radius 1 is 1.45 bits per heavy atom. The van der Waals surface area contributed by atoms with Gasteiger partial charge < -0.3 is 14.6 Å². The molecule has 5 nitrogen and oxygen atoms in total. The number of carbonyl (C=O) groups is 1. The van der Waals surface area contributed by atoms with E-state index in [1.807, 2.05) is 0 Å². The number of nitrogens with zero attached hydrogens (tertiary/aromatic N) is 1. The van der Waals surface area contributed by atoms with E-state index in [-0.39, 0.29) is 12.2 Å². The molecule has 0 saturated heterocycles. The highest BCUT2D eigenvalue weighted by atomic mass is 19.4. The Morgan fingerprint density at radius 2 is 2.10 bits per heavy atom. The minimum Gasteiger partial charge on any atom is -0.503 e. The summed E-state index contributed by atoms with van der Waals surface area (Å²) in [5, 5.41) is 18.2. The van der Waals surface area contributed by atoms with Gasteiger partial charge >= 0.3 is 12.3 Å². The molecule has 108 valence electrons. The van der Waals surface area contributed by atoms with Crippen LogP contribution in [0.2, 0.25) is 0 Å². The summed E-state index contributed by atoms with van der Waals surface area (Å²) >= 11 is 0. The summed E-state index contributed by atoms with van der Waals surface area (Å²) in [6.45, 7) is 1.61. The molecule has 0 saturated carbocycles. The van der Waals surface area contributed by atoms with Gasteiger partial charge in [-0.2, -0.15) is 5.26 Å². The molecule has 0 amide bonds. The summed E-state index contributed by atoms with van der Waals surface area (Å²) in [7, 11) is 0. The summed E-state index contributed by atoms with van der Waals surface area (Å²) in [6, 6.07) is 3.70. The maximum absolute atomic E-state index is 12.3. The van der Waals surface area contributed by atoms with E-state index in [4.69, 9.17) is 5.26 Å². The van der Waals surface area contributed by atoms with Gasteiger partial charge in [-0.05, 0) is 13.0 Å². The van der Waals surface area contributed by atoms with Crippen molar-refractivity contribution in [1.82, 2.24) is 0 Å². The van der Waals surface area contributed by atoms with E-state index in [1.165, 1.54) is 6.07 Å². The first-order valence-corrected chi connectivity index (χ1v) is 5.44. The van der Waals surface area contributed by atoms with Gasteiger partial charge in [0.2, 0.25) is 0 Å². The Labute approximate surface area is 112 Å². The van der Waals surface area contributed by atoms with Gasteiger partial charge in [-0.3, -0.25) is 4.79 Å². The molecule has 0 fully saturated rings. The summed E-state index contributed by atoms with van der Waals surface area (Å²) < 4.78 is 45.2. The number of ether oxygens (including phenoxy) is 2. The predicted octanol–water partition coefficient (Wildman–Crippen LogP) is 2.27. The lowest BCUT2D eigenvalue weighted by Gasteiger charge is -2.15. The molecule has 0 radical (unpaired) electrons. The van der Waals surface area contributed by atoms with Crippen molar-refractivity contribution in [2.75, 3.05) is 6.61 Å². The van der Waals surface area contributed by atoms with Crippen LogP contribution in [0.1, 0.15) is 18.1 Å². The summed E-state index contributed by atoms with van der Waals surface area (Å²) in [4.78, 5) is 11.3. The van der Waals surface area contributed by atoms with Crippen molar-refractivity contribution in [3.05, 3.63) is 23.3 Å². The van der Waals surface area contributed by atoms with Gasteiger partial charge in [-0.25, -0.2) is 0 Å². The number of aromatic hydroxyl groups is 1. The Balaban J connectivity index is 3.20. The second-order valence-corrected chi connectivity index (χ2v) is 3.59. The van der Waals surface area contributed by atoms with E-state index in [9.17, 15) is 23.1 Å². The third kappa shape index (κ3) is 4.05. The Morgan fingerprint density at radius 3 is 2.60 bits per heavy atom. The van der Waals surface area contributed by atoms with Crippen LogP contribution in [0.5, 0.6) is 11.5 Å². The normalized spacial score (nSPS) is 10.8. The second-order valence-electron chi connectivity index (χ2n) is 3.59. The molecule has 8 heteroatoms. The van der Waals surface area contributed by atoms with E-state index in [0.717, 1.165) is 12.1 Å². The zero-order valence-electron chi connectivity index (χ0n) is 10.3. The monoisotopic (exact) mass is 289 g/mol. The highest BCUT2D eigenvalue weighted by Crippen LogP contribution is 2.37. The summed E-state index contributed by atoms with van der Waals surface area (Å²) in [5.74, 6) is -2.71. The highest BCUT2D eigenvalue weighted by Gasteiger charge is 2.34. The van der Waals surface area contributed by atoms with Gasteiger partial charge in [0.25, 0.3) is 0 Å². The van der Waals surface area contributed by atoms with Crippen LogP contribution in [0, 0.1) is 11.3 Å². The Hall–Kier alpha value is -2.43. The molecule has 0 aliphatic rings. The largest absolute Gasteiger partial charge is 0.573 e. The predicted molar refractivity (Wildman–Crippen MR) is 59.8 cm³/mol. The van der Waals surface area contributed by atoms with Crippen LogP contribution in [-0.4, -0.2) is 24.0 Å². The van der Waals surface area contributed by atoms with Crippen LogP contribution in [0.3, 0.4) is 0 Å². The molecule has 0 atom stereocenters. The first-order chi connectivity index (χ1) is 9.28. The second kappa shape index (κ2) is 6.14. The van der Waals surface area contributed by atoms with Crippen molar-refractivity contribution >= 4 is 5.97 Å². The van der Waals surface area contributed by atoms with Crippen LogP contribution in [-0.2, 0) is 16.0 Å². The molecule has 1 aromatic rings. The van der Waals surface area contributed by atoms with Gasteiger partial charge in [0.15, 0.2) is 11.5 Å². The summed E-state index contributed by atoms with van der Waals surface area (Å²) in [5.41, 5.74) is -0.617. The topological polar surface area (TPSA) is 79.6 Å². The van der Waals surface area contributed by atoms with Crippen molar-refractivity contribution in [3.8, 4) is 17.6 Å². The fourth-order valence-corrected chi connectivity index (χ4v) is 1.44. The number of phenols is 1. The summed E-state index contributed by atoms with van der Waals surface area (Å²) in [6.07, 6.45) is -5.58. The number of esters is 1. The zero-order chi connectivity index (χ0) is 15.3. The van der Waals surface area contributed by atoms with E-state index in [0.29, 0.717) is 0 Å². The van der Waals surface area contributed by atoms with Crippen LogP contribution in [0.4, 0.5) is 13.2 Å². The lowest BCUT2D eigenvalue weighted by Crippen LogP contribution is -2.19. The first-order valence-electron chi connectivity index (χ1n) is 5.44. The number of carbonyl (C=O) groups excluding carboxylic acids is 1. The van der Waals surface area contributed by atoms with E-state index >= 15 is 0 Å². The SMILES string of the molecule is CCOC(=O)Cc1ccc(C#N)c(O)c1OC(F)(F)F. The van der Waals surface area contributed by atoms with Crippen molar-refractivity contribution in [2.24, 2.45) is 0 Å². The molecular weight excluding hydrogens is 279 g/mol. The molecule has 0 aromatic heterocycles. The van der Waals surface area contributed by atoms with Gasteiger partial charge in [-0.1, -0.05) is 6.07 Å². The van der Waals surface area contributed by atoms with Crippen molar-refractivity contribution in [1.29, 1.82) is 5.26 Å². The van der Waals surface area contributed by atoms with Crippen molar-refractivity contribution in [2.45, 2.75) is 19.7 Å². The minimum absolute atomic E-state index is 0.0660. The van der Waals surface area contributed by atoms with Crippen LogP contribution < -0.4 is 4.74 Å². The van der Waals surface area contributed by atoms with Gasteiger partial charge in [0.05, 0.1) is 18.6 Å². The fraction of sp³-hybridized carbons (Fsp3) is 0.333. The number of benzene rings is 1. The molecule has 0 aliphatic carbocycles. The van der Waals surface area contributed by atoms with Gasteiger partial charge in [-0.15, -0.1) is 13.2 Å². The molecule has 1 rings (SSSR count). The Kier molecular flexibility index (Phi) is 4.80. The Bertz CT molecular complexity index is 549. The van der Waals surface area contributed by atoms with Gasteiger partial charge in [0, 0.05) is 5.56 Å². The minimum atomic E-state index is -5.06. The van der Waals surface area contributed by atoms with Crippen molar-refractivity contribution < 1.29 is 32.5 Å². The number of phenolic OH excluding ortho intramolecular Hbond substituents is 1. The number of halogens is 3. The van der Waals surface area contributed by atoms with Crippen LogP contribution in [0.25, 0.3) is 0 Å². The quantitative estimate of drug-likeness (QED) is 0.860. The lowest BCUT2D eigenvalue weighted by atomic mass is 10.1. The molecule has 0 heterocycles. The average molecular weight is 289 g/mol. The number of nitriles is 1. The molecule has 0 aliphatic heterocycles. The van der Waals surface area contributed by atoms with E-state index in [2.05, 4.69) is 9.47 Å². The highest BCUT2D eigenvalue weighted by molar-refractivity contribution is 5.74. The first kappa shape index (κ1) is 15.6. The number of rotatable bonds is 4. The van der Waals surface area contributed by atoms with Crippen LogP contribution >= 0.6 is 0 Å². The number of hydrogen-bond acceptors (Lipinski definition) is 5. The maximum atomic E-state index is 12.3. The van der Waals surface area contributed by atoms with Gasteiger partial charge in [0.1, 0.15) is 6.07 Å².